The van der Waals surface area contributed by atoms with Crippen molar-refractivity contribution in [2.24, 2.45) is 0 Å². The number of carbonyl (C=O) groups is 2. The van der Waals surface area contributed by atoms with Crippen LogP contribution in [0.5, 0.6) is 5.75 Å². The number of fused-ring (bicyclic) bond motifs is 1. The molecule has 25 heavy (non-hydrogen) atoms. The van der Waals surface area contributed by atoms with Crippen molar-refractivity contribution in [1.82, 2.24) is 0 Å². The van der Waals surface area contributed by atoms with Crippen LogP contribution in [0.3, 0.4) is 0 Å². The lowest BCUT2D eigenvalue weighted by molar-refractivity contribution is -0.128. The van der Waals surface area contributed by atoms with Gasteiger partial charge in [0.15, 0.2) is 5.78 Å². The molecule has 6 nitrogen and oxygen atoms in total. The zero-order valence-corrected chi connectivity index (χ0v) is 14.6. The number of phenolic OH excluding ortho intramolecular Hbond substituents is 1. The summed E-state index contributed by atoms with van der Waals surface area (Å²) in [6.45, 7) is 1.65. The molecule has 1 aliphatic rings. The summed E-state index contributed by atoms with van der Waals surface area (Å²) in [5.74, 6) is -1.53. The number of esters is 1. The van der Waals surface area contributed by atoms with Gasteiger partial charge in [0.05, 0.1) is 6.10 Å². The molecule has 136 valence electrons. The highest BCUT2D eigenvalue weighted by Crippen LogP contribution is 2.29. The van der Waals surface area contributed by atoms with Gasteiger partial charge in [-0.3, -0.25) is 4.79 Å². The summed E-state index contributed by atoms with van der Waals surface area (Å²) in [4.78, 5) is 24.2. The summed E-state index contributed by atoms with van der Waals surface area (Å²) < 4.78 is 5.31. The first kappa shape index (κ1) is 19.4. The second-order valence-corrected chi connectivity index (χ2v) is 6.56. The average Bonchev–Trinajstić information content (AvgIpc) is 2.52. The van der Waals surface area contributed by atoms with Crippen LogP contribution in [0, 0.1) is 0 Å². The molecule has 0 radical (unpaired) electrons. The van der Waals surface area contributed by atoms with Gasteiger partial charge in [0.25, 0.3) is 0 Å². The summed E-state index contributed by atoms with van der Waals surface area (Å²) in [6.07, 6.45) is 0.517. The maximum absolute atomic E-state index is 12.4. The van der Waals surface area contributed by atoms with Crippen molar-refractivity contribution < 1.29 is 29.6 Å². The predicted molar refractivity (Wildman–Crippen MR) is 91.7 cm³/mol. The van der Waals surface area contributed by atoms with E-state index >= 15 is 0 Å². The van der Waals surface area contributed by atoms with E-state index in [-0.39, 0.29) is 29.2 Å². The number of hydrogen-bond donors (Lipinski definition) is 3. The number of phenols is 1. The zero-order valence-electron chi connectivity index (χ0n) is 13.8. The molecule has 3 atom stereocenters. The van der Waals surface area contributed by atoms with E-state index in [4.69, 9.17) is 16.3 Å². The Hall–Kier alpha value is -1.89. The Balaban J connectivity index is 2.34. The van der Waals surface area contributed by atoms with Gasteiger partial charge < -0.3 is 20.1 Å². The van der Waals surface area contributed by atoms with Crippen molar-refractivity contribution in [3.63, 3.8) is 0 Å². The third-order valence-electron chi connectivity index (χ3n) is 4.03. The standard InChI is InChI=1S/C18H21ClO6/c1-10-4-2-6-13(20)17(23)14(21)7-3-5-11-8-12(19)9-15(22)16(11)18(24)25-10/h2,6,8-10,14,17,21-23H,3-5,7H2,1H3/b6-2-/t10-,14-,17?/m0/s1. The summed E-state index contributed by atoms with van der Waals surface area (Å²) in [7, 11) is 0. The van der Waals surface area contributed by atoms with E-state index in [2.05, 4.69) is 0 Å². The van der Waals surface area contributed by atoms with Crippen molar-refractivity contribution in [2.75, 3.05) is 0 Å². The summed E-state index contributed by atoms with van der Waals surface area (Å²) >= 11 is 5.95. The summed E-state index contributed by atoms with van der Waals surface area (Å²) in [6, 6.07) is 2.83. The fourth-order valence-corrected chi connectivity index (χ4v) is 2.93. The van der Waals surface area contributed by atoms with Gasteiger partial charge in [-0.25, -0.2) is 4.79 Å². The van der Waals surface area contributed by atoms with Crippen LogP contribution in [0.15, 0.2) is 24.3 Å². The van der Waals surface area contributed by atoms with Crippen LogP contribution in [0.1, 0.15) is 42.1 Å². The molecule has 7 heteroatoms. The van der Waals surface area contributed by atoms with E-state index in [1.165, 1.54) is 18.2 Å². The van der Waals surface area contributed by atoms with Crippen molar-refractivity contribution in [3.05, 3.63) is 40.4 Å². The molecule has 0 amide bonds. The molecule has 0 aromatic heterocycles. The van der Waals surface area contributed by atoms with E-state index < -0.39 is 30.1 Å². The third kappa shape index (κ3) is 5.04. The molecule has 0 saturated carbocycles. The van der Waals surface area contributed by atoms with Gasteiger partial charge in [-0.1, -0.05) is 17.7 Å². The second-order valence-electron chi connectivity index (χ2n) is 6.12. The lowest BCUT2D eigenvalue weighted by Crippen LogP contribution is -2.33. The number of benzene rings is 1. The number of ketones is 1. The largest absolute Gasteiger partial charge is 0.507 e. The number of rotatable bonds is 0. The molecule has 3 N–H and O–H groups in total. The predicted octanol–water partition coefficient (Wildman–Crippen LogP) is 2.16. The molecule has 0 fully saturated rings. The van der Waals surface area contributed by atoms with Crippen LogP contribution < -0.4 is 0 Å². The fourth-order valence-electron chi connectivity index (χ4n) is 2.69. The minimum atomic E-state index is -1.50. The van der Waals surface area contributed by atoms with Gasteiger partial charge in [0.1, 0.15) is 23.5 Å². The molecule has 1 aromatic rings. The smallest absolute Gasteiger partial charge is 0.342 e. The van der Waals surface area contributed by atoms with Gasteiger partial charge >= 0.3 is 5.97 Å². The van der Waals surface area contributed by atoms with E-state index in [0.717, 1.165) is 0 Å². The number of hydrogen-bond acceptors (Lipinski definition) is 6. The highest BCUT2D eigenvalue weighted by atomic mass is 35.5. The number of aliphatic hydroxyl groups is 2. The molecule has 0 aliphatic carbocycles. The molecule has 2 rings (SSSR count). The summed E-state index contributed by atoms with van der Waals surface area (Å²) in [5, 5.41) is 30.2. The van der Waals surface area contributed by atoms with Gasteiger partial charge in [-0.2, -0.15) is 0 Å². The molecule has 0 spiro atoms. The van der Waals surface area contributed by atoms with Crippen LogP contribution in [-0.2, 0) is 16.0 Å². The Labute approximate surface area is 150 Å². The summed E-state index contributed by atoms with van der Waals surface area (Å²) in [5.41, 5.74) is 0.534. The fraction of sp³-hybridized carbons (Fsp3) is 0.444. The maximum atomic E-state index is 12.4. The number of cyclic esters (lactones) is 1. The molecular weight excluding hydrogens is 348 g/mol. The van der Waals surface area contributed by atoms with E-state index in [1.807, 2.05) is 0 Å². The molecule has 1 aromatic carbocycles. The number of aryl methyl sites for hydroxylation is 1. The van der Waals surface area contributed by atoms with Gasteiger partial charge in [-0.05, 0) is 50.0 Å². The molecule has 1 aliphatic heterocycles. The van der Waals surface area contributed by atoms with Crippen LogP contribution >= 0.6 is 11.6 Å². The molecule has 1 unspecified atom stereocenters. The topological polar surface area (TPSA) is 104 Å². The highest BCUT2D eigenvalue weighted by molar-refractivity contribution is 6.31. The second kappa shape index (κ2) is 8.47. The van der Waals surface area contributed by atoms with Gasteiger partial charge in [0, 0.05) is 11.4 Å². The molecule has 1 heterocycles. The van der Waals surface area contributed by atoms with Crippen LogP contribution in [0.25, 0.3) is 0 Å². The molecule has 0 saturated heterocycles. The Kier molecular flexibility index (Phi) is 6.58. The van der Waals surface area contributed by atoms with Crippen molar-refractivity contribution in [2.45, 2.75) is 50.9 Å². The van der Waals surface area contributed by atoms with Crippen molar-refractivity contribution in [3.8, 4) is 5.75 Å². The number of carbonyl (C=O) groups excluding carboxylic acids is 2. The van der Waals surface area contributed by atoms with Gasteiger partial charge in [-0.15, -0.1) is 0 Å². The first-order valence-corrected chi connectivity index (χ1v) is 8.46. The average molecular weight is 369 g/mol. The number of halogens is 1. The Morgan fingerprint density at radius 1 is 1.24 bits per heavy atom. The molecular formula is C18H21ClO6. The lowest BCUT2D eigenvalue weighted by Gasteiger charge is -2.18. The Bertz CT molecular complexity index is 684. The minimum absolute atomic E-state index is 0.0448. The Morgan fingerprint density at radius 3 is 2.68 bits per heavy atom. The monoisotopic (exact) mass is 368 g/mol. The molecule has 0 bridgehead atoms. The normalized spacial score (nSPS) is 27.1. The number of ether oxygens (including phenoxy) is 1. The van der Waals surface area contributed by atoms with E-state index in [1.54, 1.807) is 13.0 Å². The first-order valence-electron chi connectivity index (χ1n) is 8.08. The van der Waals surface area contributed by atoms with Crippen molar-refractivity contribution in [1.29, 1.82) is 0 Å². The lowest BCUT2D eigenvalue weighted by atomic mass is 9.97. The van der Waals surface area contributed by atoms with Crippen LogP contribution in [0.2, 0.25) is 5.02 Å². The number of aromatic hydroxyl groups is 1. The zero-order chi connectivity index (χ0) is 18.6. The third-order valence-corrected chi connectivity index (χ3v) is 4.25. The van der Waals surface area contributed by atoms with E-state index in [0.29, 0.717) is 18.4 Å². The van der Waals surface area contributed by atoms with Crippen LogP contribution in [0.4, 0.5) is 0 Å². The van der Waals surface area contributed by atoms with E-state index in [9.17, 15) is 24.9 Å². The van der Waals surface area contributed by atoms with Crippen LogP contribution in [-0.4, -0.2) is 45.4 Å². The van der Waals surface area contributed by atoms with Crippen molar-refractivity contribution >= 4 is 23.4 Å². The maximum Gasteiger partial charge on any atom is 0.342 e. The Morgan fingerprint density at radius 2 is 1.96 bits per heavy atom. The number of aliphatic hydroxyl groups excluding tert-OH is 2. The minimum Gasteiger partial charge on any atom is -0.507 e. The first-order chi connectivity index (χ1) is 11.8. The highest BCUT2D eigenvalue weighted by Gasteiger charge is 2.24. The SMILES string of the molecule is C[C@H]1C/C=C\C(=O)C(O)[C@@H](O)CCCc2cc(Cl)cc(O)c2C(=O)O1. The quantitative estimate of drug-likeness (QED) is 0.606. The van der Waals surface area contributed by atoms with Gasteiger partial charge in [0.2, 0.25) is 0 Å².